The van der Waals surface area contributed by atoms with Crippen molar-refractivity contribution in [3.05, 3.63) is 5.89 Å². The van der Waals surface area contributed by atoms with E-state index in [0.717, 1.165) is 6.54 Å². The first kappa shape index (κ1) is 13.4. The van der Waals surface area contributed by atoms with Gasteiger partial charge in [-0.2, -0.15) is 4.98 Å². The summed E-state index contributed by atoms with van der Waals surface area (Å²) in [6.45, 7) is 6.88. The maximum atomic E-state index is 11.5. The Hall–Kier alpha value is -1.63. The molecule has 0 saturated carbocycles. The van der Waals surface area contributed by atoms with Crippen LogP contribution in [0.5, 0.6) is 0 Å². The number of rotatable bonds is 3. The minimum Gasteiger partial charge on any atom is -0.447 e. The number of hydrogen-bond acceptors (Lipinski definition) is 6. The SMILES string of the molecule is CC(C)OC(=O)Nc1noc(C2CN3CCC2CC3)n1. The highest BCUT2D eigenvalue weighted by Crippen LogP contribution is 2.38. The van der Waals surface area contributed by atoms with E-state index < -0.39 is 6.09 Å². The van der Waals surface area contributed by atoms with E-state index in [1.807, 2.05) is 0 Å². The molecule has 1 atom stereocenters. The first-order chi connectivity index (χ1) is 9.61. The van der Waals surface area contributed by atoms with Crippen molar-refractivity contribution in [2.45, 2.75) is 38.7 Å². The lowest BCUT2D eigenvalue weighted by molar-refractivity contribution is 0.0727. The number of fused-ring (bicyclic) bond motifs is 3. The molecule has 3 aliphatic heterocycles. The summed E-state index contributed by atoms with van der Waals surface area (Å²) in [5, 5.41) is 6.29. The topological polar surface area (TPSA) is 80.5 Å². The van der Waals surface area contributed by atoms with Gasteiger partial charge < -0.3 is 14.2 Å². The van der Waals surface area contributed by atoms with Crippen molar-refractivity contribution < 1.29 is 14.1 Å². The molecular weight excluding hydrogens is 260 g/mol. The fourth-order valence-corrected chi connectivity index (χ4v) is 3.02. The Labute approximate surface area is 117 Å². The summed E-state index contributed by atoms with van der Waals surface area (Å²) < 4.78 is 10.3. The summed E-state index contributed by atoms with van der Waals surface area (Å²) in [6, 6.07) is 0. The number of piperidine rings is 3. The number of nitrogens with zero attached hydrogens (tertiary/aromatic N) is 3. The Morgan fingerprint density at radius 3 is 2.80 bits per heavy atom. The highest BCUT2D eigenvalue weighted by molar-refractivity contribution is 5.82. The van der Waals surface area contributed by atoms with Gasteiger partial charge in [0.05, 0.1) is 12.0 Å². The summed E-state index contributed by atoms with van der Waals surface area (Å²) in [5.41, 5.74) is 0. The second-order valence-corrected chi connectivity index (χ2v) is 5.78. The average Bonchev–Trinajstić information content (AvgIpc) is 2.87. The molecule has 3 fully saturated rings. The van der Waals surface area contributed by atoms with E-state index in [4.69, 9.17) is 9.26 Å². The van der Waals surface area contributed by atoms with Crippen LogP contribution >= 0.6 is 0 Å². The fraction of sp³-hybridized carbons (Fsp3) is 0.769. The van der Waals surface area contributed by atoms with E-state index in [1.54, 1.807) is 13.8 Å². The van der Waals surface area contributed by atoms with Gasteiger partial charge in [0.15, 0.2) is 0 Å². The second kappa shape index (κ2) is 5.40. The summed E-state index contributed by atoms with van der Waals surface area (Å²) >= 11 is 0. The first-order valence-corrected chi connectivity index (χ1v) is 7.15. The number of carbonyl (C=O) groups is 1. The summed E-state index contributed by atoms with van der Waals surface area (Å²) in [7, 11) is 0. The number of carbonyl (C=O) groups excluding carboxylic acids is 1. The molecule has 1 unspecified atom stereocenters. The molecule has 2 bridgehead atoms. The molecule has 0 aliphatic carbocycles. The van der Waals surface area contributed by atoms with Gasteiger partial charge in [0.2, 0.25) is 5.89 Å². The quantitative estimate of drug-likeness (QED) is 0.910. The van der Waals surface area contributed by atoms with Crippen LogP contribution in [0.1, 0.15) is 38.5 Å². The Kier molecular flexibility index (Phi) is 3.60. The molecule has 1 amide bonds. The number of aromatic nitrogens is 2. The van der Waals surface area contributed by atoms with Crippen LogP contribution in [0, 0.1) is 5.92 Å². The second-order valence-electron chi connectivity index (χ2n) is 5.78. The van der Waals surface area contributed by atoms with Crippen LogP contribution in [-0.2, 0) is 4.74 Å². The number of nitrogens with one attached hydrogen (secondary N) is 1. The third kappa shape index (κ3) is 2.77. The fourth-order valence-electron chi connectivity index (χ4n) is 3.02. The highest BCUT2D eigenvalue weighted by atomic mass is 16.6. The average molecular weight is 280 g/mol. The lowest BCUT2D eigenvalue weighted by atomic mass is 9.79. The molecular formula is C13H20N4O3. The number of anilines is 1. The molecule has 7 heteroatoms. The molecule has 3 saturated heterocycles. The molecule has 7 nitrogen and oxygen atoms in total. The van der Waals surface area contributed by atoms with Crippen LogP contribution in [0.3, 0.4) is 0 Å². The molecule has 110 valence electrons. The largest absolute Gasteiger partial charge is 0.447 e. The summed E-state index contributed by atoms with van der Waals surface area (Å²) in [4.78, 5) is 18.2. The molecule has 0 aromatic carbocycles. The van der Waals surface area contributed by atoms with Gasteiger partial charge >= 0.3 is 6.09 Å². The third-order valence-corrected chi connectivity index (χ3v) is 3.97. The minimum atomic E-state index is -0.554. The molecule has 3 aliphatic rings. The molecule has 4 heterocycles. The summed E-state index contributed by atoms with van der Waals surface area (Å²) in [6.07, 6.45) is 1.64. The van der Waals surface area contributed by atoms with Crippen LogP contribution in [0.15, 0.2) is 4.52 Å². The molecule has 20 heavy (non-hydrogen) atoms. The van der Waals surface area contributed by atoms with Crippen molar-refractivity contribution in [3.8, 4) is 0 Å². The van der Waals surface area contributed by atoms with Crippen LogP contribution in [0.4, 0.5) is 10.7 Å². The predicted molar refractivity (Wildman–Crippen MR) is 71.4 cm³/mol. The van der Waals surface area contributed by atoms with Crippen molar-refractivity contribution in [1.29, 1.82) is 0 Å². The third-order valence-electron chi connectivity index (χ3n) is 3.97. The van der Waals surface area contributed by atoms with Crippen molar-refractivity contribution in [3.63, 3.8) is 0 Å². The van der Waals surface area contributed by atoms with E-state index in [2.05, 4.69) is 20.4 Å². The van der Waals surface area contributed by atoms with Gasteiger partial charge in [-0.3, -0.25) is 5.32 Å². The molecule has 1 N–H and O–H groups in total. The molecule has 1 aromatic rings. The zero-order valence-corrected chi connectivity index (χ0v) is 11.8. The van der Waals surface area contributed by atoms with Gasteiger partial charge in [0, 0.05) is 6.54 Å². The van der Waals surface area contributed by atoms with Crippen LogP contribution < -0.4 is 5.32 Å². The maximum Gasteiger partial charge on any atom is 0.414 e. The first-order valence-electron chi connectivity index (χ1n) is 7.15. The zero-order chi connectivity index (χ0) is 14.1. The van der Waals surface area contributed by atoms with Crippen LogP contribution in [0.2, 0.25) is 0 Å². The maximum absolute atomic E-state index is 11.5. The lowest BCUT2D eigenvalue weighted by Crippen LogP contribution is -2.46. The van der Waals surface area contributed by atoms with E-state index >= 15 is 0 Å². The van der Waals surface area contributed by atoms with E-state index in [-0.39, 0.29) is 12.1 Å². The number of amides is 1. The number of hydrogen-bond donors (Lipinski definition) is 1. The van der Waals surface area contributed by atoms with Crippen molar-refractivity contribution in [1.82, 2.24) is 15.0 Å². The molecule has 4 rings (SSSR count). The predicted octanol–water partition coefficient (Wildman–Crippen LogP) is 1.84. The van der Waals surface area contributed by atoms with Gasteiger partial charge in [-0.15, -0.1) is 0 Å². The van der Waals surface area contributed by atoms with Crippen molar-refractivity contribution >= 4 is 12.0 Å². The normalized spacial score (nSPS) is 28.6. The van der Waals surface area contributed by atoms with Crippen molar-refractivity contribution in [2.24, 2.45) is 5.92 Å². The summed E-state index contributed by atoms with van der Waals surface area (Å²) in [5.74, 6) is 1.72. The van der Waals surface area contributed by atoms with Gasteiger partial charge in [0.1, 0.15) is 0 Å². The molecule has 1 aromatic heterocycles. The zero-order valence-electron chi connectivity index (χ0n) is 11.8. The van der Waals surface area contributed by atoms with Gasteiger partial charge in [-0.1, -0.05) is 0 Å². The smallest absolute Gasteiger partial charge is 0.414 e. The minimum absolute atomic E-state index is 0.178. The van der Waals surface area contributed by atoms with Gasteiger partial charge in [-0.05, 0) is 50.9 Å². The molecule has 0 radical (unpaired) electrons. The monoisotopic (exact) mass is 280 g/mol. The standard InChI is InChI=1S/C13H20N4O3/c1-8(2)19-13(18)15-12-14-11(20-16-12)10-7-17-5-3-9(10)4-6-17/h8-10H,3-7H2,1-2H3,(H,15,16,18). The lowest BCUT2D eigenvalue weighted by Gasteiger charge is -2.43. The van der Waals surface area contributed by atoms with Gasteiger partial charge in [-0.25, -0.2) is 4.79 Å². The van der Waals surface area contributed by atoms with Crippen molar-refractivity contribution in [2.75, 3.05) is 25.0 Å². The Bertz CT molecular complexity index is 480. The number of ether oxygens (including phenoxy) is 1. The van der Waals surface area contributed by atoms with E-state index in [9.17, 15) is 4.79 Å². The Balaban J connectivity index is 1.63. The highest BCUT2D eigenvalue weighted by Gasteiger charge is 2.38. The van der Waals surface area contributed by atoms with Gasteiger partial charge in [0.25, 0.3) is 5.95 Å². The molecule has 0 spiro atoms. The van der Waals surface area contributed by atoms with E-state index in [0.29, 0.717) is 17.7 Å². The van der Waals surface area contributed by atoms with E-state index in [1.165, 1.54) is 25.9 Å². The Morgan fingerprint density at radius 1 is 1.45 bits per heavy atom. The van der Waals surface area contributed by atoms with Crippen LogP contribution in [0.25, 0.3) is 0 Å². The Morgan fingerprint density at radius 2 is 2.20 bits per heavy atom. The van der Waals surface area contributed by atoms with Crippen LogP contribution in [-0.4, -0.2) is 46.9 Å².